The number of methoxy groups -OCH3 is 3. The molecule has 1 N–H and O–H groups in total. The quantitative estimate of drug-likeness (QED) is 0.833. The number of hydrogen-bond donors (Lipinski definition) is 1. The molecule has 2 aromatic rings. The van der Waals surface area contributed by atoms with Gasteiger partial charge < -0.3 is 19.5 Å². The molecule has 0 bridgehead atoms. The van der Waals surface area contributed by atoms with Crippen molar-refractivity contribution in [1.29, 1.82) is 0 Å². The number of amides is 1. The summed E-state index contributed by atoms with van der Waals surface area (Å²) < 4.78 is 15.9. The van der Waals surface area contributed by atoms with Crippen LogP contribution in [-0.4, -0.2) is 27.2 Å². The Kier molecular flexibility index (Phi) is 6.32. The lowest BCUT2D eigenvalue weighted by Gasteiger charge is -2.15. The second-order valence-corrected chi connectivity index (χ2v) is 5.46. The Morgan fingerprint density at radius 1 is 1.04 bits per heavy atom. The van der Waals surface area contributed by atoms with Crippen molar-refractivity contribution in [2.75, 3.05) is 21.3 Å². The van der Waals surface area contributed by atoms with Gasteiger partial charge in [0.1, 0.15) is 17.2 Å². The minimum Gasteiger partial charge on any atom is -0.496 e. The summed E-state index contributed by atoms with van der Waals surface area (Å²) in [5.74, 6) is 1.66. The standard InChI is InChI=1S/C18H20ClNO4/c1-22-13-9-16(23-2)14(17(10-13)24-3)11-20-18(21)8-12-6-4-5-7-15(12)19/h4-7,9-10H,8,11H2,1-3H3,(H,20,21). The summed E-state index contributed by atoms with van der Waals surface area (Å²) in [6, 6.07) is 10.8. The van der Waals surface area contributed by atoms with Crippen LogP contribution in [0, 0.1) is 0 Å². The third kappa shape index (κ3) is 4.32. The Morgan fingerprint density at radius 3 is 2.21 bits per heavy atom. The number of ether oxygens (including phenoxy) is 3. The Morgan fingerprint density at radius 2 is 1.67 bits per heavy atom. The van der Waals surface area contributed by atoms with Gasteiger partial charge in [-0.3, -0.25) is 4.79 Å². The van der Waals surface area contributed by atoms with Crippen molar-refractivity contribution in [1.82, 2.24) is 5.32 Å². The fourth-order valence-electron chi connectivity index (χ4n) is 2.32. The second-order valence-electron chi connectivity index (χ2n) is 5.06. The Bertz CT molecular complexity index is 693. The van der Waals surface area contributed by atoms with Gasteiger partial charge in [0.05, 0.1) is 39.9 Å². The molecule has 0 aliphatic heterocycles. The first-order valence-electron chi connectivity index (χ1n) is 7.38. The van der Waals surface area contributed by atoms with E-state index in [-0.39, 0.29) is 18.9 Å². The predicted octanol–water partition coefficient (Wildman–Crippen LogP) is 3.22. The Balaban J connectivity index is 2.11. The summed E-state index contributed by atoms with van der Waals surface area (Å²) in [5.41, 5.74) is 1.53. The van der Waals surface area contributed by atoms with Gasteiger partial charge in [-0.25, -0.2) is 0 Å². The molecule has 0 unspecified atom stereocenters. The fourth-order valence-corrected chi connectivity index (χ4v) is 2.52. The molecule has 2 rings (SSSR count). The van der Waals surface area contributed by atoms with Crippen molar-refractivity contribution in [3.05, 3.63) is 52.5 Å². The van der Waals surface area contributed by atoms with Crippen molar-refractivity contribution >= 4 is 17.5 Å². The minimum atomic E-state index is -0.136. The first-order chi connectivity index (χ1) is 11.6. The number of carbonyl (C=O) groups excluding carboxylic acids is 1. The zero-order valence-electron chi connectivity index (χ0n) is 13.9. The molecule has 0 aromatic heterocycles. The summed E-state index contributed by atoms with van der Waals surface area (Å²) in [6.45, 7) is 0.277. The van der Waals surface area contributed by atoms with Crippen molar-refractivity contribution in [3.8, 4) is 17.2 Å². The molecule has 5 nitrogen and oxygen atoms in total. The van der Waals surface area contributed by atoms with Gasteiger partial charge in [-0.1, -0.05) is 29.8 Å². The molecule has 2 aromatic carbocycles. The van der Waals surface area contributed by atoms with Crippen LogP contribution < -0.4 is 19.5 Å². The number of rotatable bonds is 7. The van der Waals surface area contributed by atoms with Crippen LogP contribution in [0.4, 0.5) is 0 Å². The lowest BCUT2D eigenvalue weighted by molar-refractivity contribution is -0.120. The van der Waals surface area contributed by atoms with E-state index in [0.717, 1.165) is 11.1 Å². The molecule has 0 aliphatic carbocycles. The van der Waals surface area contributed by atoms with Crippen LogP contribution in [-0.2, 0) is 17.8 Å². The van der Waals surface area contributed by atoms with Crippen LogP contribution in [0.5, 0.6) is 17.2 Å². The number of hydrogen-bond acceptors (Lipinski definition) is 4. The maximum Gasteiger partial charge on any atom is 0.224 e. The average Bonchev–Trinajstić information content (AvgIpc) is 2.61. The first-order valence-corrected chi connectivity index (χ1v) is 7.75. The minimum absolute atomic E-state index is 0.136. The molecule has 0 saturated carbocycles. The van der Waals surface area contributed by atoms with Crippen molar-refractivity contribution < 1.29 is 19.0 Å². The number of nitrogens with one attached hydrogen (secondary N) is 1. The van der Waals surface area contributed by atoms with Crippen LogP contribution in [0.15, 0.2) is 36.4 Å². The Hall–Kier alpha value is -2.40. The first kappa shape index (κ1) is 17.9. The maximum absolute atomic E-state index is 12.2. The summed E-state index contributed by atoms with van der Waals surface area (Å²) in [6.07, 6.45) is 0.209. The Labute approximate surface area is 146 Å². The van der Waals surface area contributed by atoms with E-state index in [4.69, 9.17) is 25.8 Å². The number of carbonyl (C=O) groups is 1. The smallest absolute Gasteiger partial charge is 0.224 e. The molecular weight excluding hydrogens is 330 g/mol. The fraction of sp³-hybridized carbons (Fsp3) is 0.278. The molecule has 6 heteroatoms. The highest BCUT2D eigenvalue weighted by atomic mass is 35.5. The highest BCUT2D eigenvalue weighted by Crippen LogP contribution is 2.33. The second kappa shape index (κ2) is 8.45. The van der Waals surface area contributed by atoms with E-state index in [9.17, 15) is 4.79 Å². The van der Waals surface area contributed by atoms with Crippen molar-refractivity contribution in [3.63, 3.8) is 0 Å². The van der Waals surface area contributed by atoms with E-state index >= 15 is 0 Å². The normalized spacial score (nSPS) is 10.2. The molecule has 1 amide bonds. The van der Waals surface area contributed by atoms with Gasteiger partial charge in [-0.15, -0.1) is 0 Å². The molecular formula is C18H20ClNO4. The average molecular weight is 350 g/mol. The third-order valence-electron chi connectivity index (χ3n) is 3.59. The van der Waals surface area contributed by atoms with Gasteiger partial charge in [-0.05, 0) is 11.6 Å². The van der Waals surface area contributed by atoms with E-state index in [1.165, 1.54) is 0 Å². The molecule has 0 saturated heterocycles. The molecule has 128 valence electrons. The lowest BCUT2D eigenvalue weighted by Crippen LogP contribution is -2.25. The van der Waals surface area contributed by atoms with Gasteiger partial charge in [0.25, 0.3) is 0 Å². The molecule has 24 heavy (non-hydrogen) atoms. The molecule has 0 aliphatic rings. The van der Waals surface area contributed by atoms with E-state index < -0.39 is 0 Å². The van der Waals surface area contributed by atoms with Crippen molar-refractivity contribution in [2.24, 2.45) is 0 Å². The van der Waals surface area contributed by atoms with Gasteiger partial charge in [0, 0.05) is 17.2 Å². The zero-order chi connectivity index (χ0) is 17.5. The molecule has 0 atom stereocenters. The highest BCUT2D eigenvalue weighted by molar-refractivity contribution is 6.31. The van der Waals surface area contributed by atoms with E-state index in [0.29, 0.717) is 22.3 Å². The SMILES string of the molecule is COc1cc(OC)c(CNC(=O)Cc2ccccc2Cl)c(OC)c1. The van der Waals surface area contributed by atoms with Gasteiger partial charge >= 0.3 is 0 Å². The summed E-state index contributed by atoms with van der Waals surface area (Å²) >= 11 is 6.08. The summed E-state index contributed by atoms with van der Waals surface area (Å²) in [5, 5.41) is 3.44. The van der Waals surface area contributed by atoms with Crippen LogP contribution in [0.1, 0.15) is 11.1 Å². The summed E-state index contributed by atoms with van der Waals surface area (Å²) in [7, 11) is 4.69. The molecule has 0 fully saturated rings. The van der Waals surface area contributed by atoms with Crippen molar-refractivity contribution in [2.45, 2.75) is 13.0 Å². The third-order valence-corrected chi connectivity index (χ3v) is 3.96. The monoisotopic (exact) mass is 349 g/mol. The van der Waals surface area contributed by atoms with Crippen LogP contribution in [0.3, 0.4) is 0 Å². The zero-order valence-corrected chi connectivity index (χ0v) is 14.6. The largest absolute Gasteiger partial charge is 0.496 e. The predicted molar refractivity (Wildman–Crippen MR) is 93.1 cm³/mol. The van der Waals surface area contributed by atoms with Gasteiger partial charge in [0.15, 0.2) is 0 Å². The molecule has 0 heterocycles. The summed E-state index contributed by atoms with van der Waals surface area (Å²) in [4.78, 5) is 12.2. The highest BCUT2D eigenvalue weighted by Gasteiger charge is 2.14. The van der Waals surface area contributed by atoms with Gasteiger partial charge in [-0.2, -0.15) is 0 Å². The van der Waals surface area contributed by atoms with Crippen LogP contribution in [0.25, 0.3) is 0 Å². The van der Waals surface area contributed by atoms with Gasteiger partial charge in [0.2, 0.25) is 5.91 Å². The lowest BCUT2D eigenvalue weighted by atomic mass is 10.1. The van der Waals surface area contributed by atoms with Crippen LogP contribution >= 0.6 is 11.6 Å². The number of benzene rings is 2. The maximum atomic E-state index is 12.2. The van der Waals surface area contributed by atoms with E-state index in [1.54, 1.807) is 39.5 Å². The molecule has 0 spiro atoms. The van der Waals surface area contributed by atoms with E-state index in [1.807, 2.05) is 18.2 Å². The topological polar surface area (TPSA) is 56.8 Å². The van der Waals surface area contributed by atoms with Crippen LogP contribution in [0.2, 0.25) is 5.02 Å². The molecule has 0 radical (unpaired) electrons. The number of halogens is 1. The van der Waals surface area contributed by atoms with E-state index in [2.05, 4.69) is 5.32 Å².